The summed E-state index contributed by atoms with van der Waals surface area (Å²) in [5, 5.41) is 0. The van der Waals surface area contributed by atoms with Crippen LogP contribution in [0.5, 0.6) is 0 Å². The van der Waals surface area contributed by atoms with E-state index in [2.05, 4.69) is 19.9 Å². The molecule has 37 heavy (non-hydrogen) atoms. The van der Waals surface area contributed by atoms with E-state index in [1.807, 2.05) is 24.3 Å². The molecule has 0 radical (unpaired) electrons. The summed E-state index contributed by atoms with van der Waals surface area (Å²) in [7, 11) is -4.09. The second kappa shape index (κ2) is 10.4. The van der Waals surface area contributed by atoms with Gasteiger partial charge in [-0.25, -0.2) is 13.4 Å². The van der Waals surface area contributed by atoms with Crippen LogP contribution in [0, 0.1) is 5.92 Å². The quantitative estimate of drug-likeness (QED) is 0.441. The van der Waals surface area contributed by atoms with Crippen LogP contribution in [-0.2, 0) is 29.3 Å². The average molecular weight is 534 g/mol. The third kappa shape index (κ3) is 5.67. The molecule has 1 aliphatic heterocycles. The SMILES string of the molecule is O=S(=O)(c1ccc(C(F)(F)F)nc1)N1Cc2ccccc2N(Cc2cnc[nH]2)C(CCC2CCCC2)C1. The van der Waals surface area contributed by atoms with E-state index in [-0.39, 0.29) is 24.0 Å². The van der Waals surface area contributed by atoms with Gasteiger partial charge in [0.05, 0.1) is 18.6 Å². The highest BCUT2D eigenvalue weighted by Crippen LogP contribution is 2.36. The van der Waals surface area contributed by atoms with Crippen LogP contribution in [-0.4, -0.2) is 40.3 Å². The zero-order valence-electron chi connectivity index (χ0n) is 20.4. The third-order valence-corrected chi connectivity index (χ3v) is 9.24. The summed E-state index contributed by atoms with van der Waals surface area (Å²) in [6, 6.07) is 9.32. The van der Waals surface area contributed by atoms with Crippen molar-refractivity contribution in [3.8, 4) is 0 Å². The van der Waals surface area contributed by atoms with Gasteiger partial charge in [0.15, 0.2) is 0 Å². The topological polar surface area (TPSA) is 82.2 Å². The summed E-state index contributed by atoms with van der Waals surface area (Å²) in [5.41, 5.74) is 1.60. The normalized spacial score (nSPS) is 19.6. The molecule has 0 spiro atoms. The first-order valence-corrected chi connectivity index (χ1v) is 14.0. The van der Waals surface area contributed by atoms with E-state index in [4.69, 9.17) is 0 Å². The van der Waals surface area contributed by atoms with E-state index in [0.29, 0.717) is 12.5 Å². The van der Waals surface area contributed by atoms with Crippen LogP contribution in [0.4, 0.5) is 18.9 Å². The number of nitrogens with one attached hydrogen (secondary N) is 1. The Kier molecular flexibility index (Phi) is 7.26. The second-order valence-electron chi connectivity index (χ2n) is 9.89. The van der Waals surface area contributed by atoms with Crippen molar-refractivity contribution in [1.82, 2.24) is 19.3 Å². The Hall–Kier alpha value is -2.92. The molecule has 1 aliphatic carbocycles. The van der Waals surface area contributed by atoms with Gasteiger partial charge in [0.2, 0.25) is 10.0 Å². The van der Waals surface area contributed by atoms with Crippen LogP contribution >= 0.6 is 0 Å². The Labute approximate surface area is 214 Å². The Balaban J connectivity index is 1.49. The van der Waals surface area contributed by atoms with Crippen molar-refractivity contribution in [2.45, 2.75) is 68.7 Å². The first kappa shape index (κ1) is 25.7. The maximum Gasteiger partial charge on any atom is 0.433 e. The highest BCUT2D eigenvalue weighted by Gasteiger charge is 2.37. The fourth-order valence-corrected chi connectivity index (χ4v) is 6.89. The molecule has 198 valence electrons. The molecule has 1 saturated carbocycles. The maximum absolute atomic E-state index is 13.7. The van der Waals surface area contributed by atoms with Crippen molar-refractivity contribution in [3.63, 3.8) is 0 Å². The van der Waals surface area contributed by atoms with Gasteiger partial charge in [-0.1, -0.05) is 43.9 Å². The molecule has 5 rings (SSSR count). The van der Waals surface area contributed by atoms with E-state index in [9.17, 15) is 21.6 Å². The van der Waals surface area contributed by atoms with Crippen LogP contribution in [0.3, 0.4) is 0 Å². The number of nitrogens with zero attached hydrogens (tertiary/aromatic N) is 4. The predicted molar refractivity (Wildman–Crippen MR) is 133 cm³/mol. The molecule has 0 saturated heterocycles. The van der Waals surface area contributed by atoms with Crippen LogP contribution in [0.1, 0.15) is 55.5 Å². The fraction of sp³-hybridized carbons (Fsp3) is 0.462. The number of hydrogen-bond acceptors (Lipinski definition) is 5. The van der Waals surface area contributed by atoms with Crippen LogP contribution in [0.25, 0.3) is 0 Å². The number of alkyl halides is 3. The van der Waals surface area contributed by atoms with E-state index in [1.54, 1.807) is 12.5 Å². The Morgan fingerprint density at radius 2 is 1.81 bits per heavy atom. The van der Waals surface area contributed by atoms with Crippen molar-refractivity contribution in [1.29, 1.82) is 0 Å². The number of para-hydroxylation sites is 1. The molecule has 7 nitrogen and oxygen atoms in total. The summed E-state index contributed by atoms with van der Waals surface area (Å²) in [4.78, 5) is 12.7. The van der Waals surface area contributed by atoms with Gasteiger partial charge in [0, 0.05) is 37.2 Å². The molecule has 3 heterocycles. The minimum absolute atomic E-state index is 0.121. The molecule has 2 aromatic heterocycles. The smallest absolute Gasteiger partial charge is 0.361 e. The molecule has 1 fully saturated rings. The van der Waals surface area contributed by atoms with Gasteiger partial charge in [0.1, 0.15) is 10.6 Å². The predicted octanol–water partition coefficient (Wildman–Crippen LogP) is 5.37. The number of hydrogen-bond donors (Lipinski definition) is 1. The van der Waals surface area contributed by atoms with E-state index in [0.717, 1.165) is 48.1 Å². The van der Waals surface area contributed by atoms with Crippen molar-refractivity contribution in [3.05, 3.63) is 72.1 Å². The largest absolute Gasteiger partial charge is 0.433 e. The van der Waals surface area contributed by atoms with Gasteiger partial charge >= 0.3 is 6.18 Å². The molecular weight excluding hydrogens is 503 g/mol. The zero-order valence-corrected chi connectivity index (χ0v) is 21.2. The van der Waals surface area contributed by atoms with Crippen molar-refractivity contribution in [2.75, 3.05) is 11.4 Å². The molecule has 0 amide bonds. The van der Waals surface area contributed by atoms with Gasteiger partial charge < -0.3 is 9.88 Å². The first-order chi connectivity index (χ1) is 17.7. The Bertz CT molecular complexity index is 1290. The van der Waals surface area contributed by atoms with E-state index >= 15 is 0 Å². The molecule has 0 bridgehead atoms. The molecule has 11 heteroatoms. The molecule has 1 N–H and O–H groups in total. The van der Waals surface area contributed by atoms with Gasteiger partial charge in [-0.2, -0.15) is 17.5 Å². The number of fused-ring (bicyclic) bond motifs is 1. The standard InChI is InChI=1S/C26H30F3N5O2S/c27-26(28,29)25-12-11-23(14-31-25)37(35,36)33-15-20-7-3-4-8-24(20)34(16-21-13-30-18-32-21)22(17-33)10-9-19-5-1-2-6-19/h3-4,7-8,11-14,18-19,22H,1-2,5-6,9-10,15-17H2,(H,30,32). The van der Waals surface area contributed by atoms with Crippen LogP contribution in [0.15, 0.2) is 60.0 Å². The van der Waals surface area contributed by atoms with Crippen LogP contribution in [0.2, 0.25) is 0 Å². The Morgan fingerprint density at radius 1 is 1.03 bits per heavy atom. The number of aromatic amines is 1. The highest BCUT2D eigenvalue weighted by molar-refractivity contribution is 7.89. The number of sulfonamides is 1. The highest BCUT2D eigenvalue weighted by atomic mass is 32.2. The summed E-state index contributed by atoms with van der Waals surface area (Å²) < 4.78 is 67.9. The van der Waals surface area contributed by atoms with Gasteiger partial charge in [-0.3, -0.25) is 4.98 Å². The lowest BCUT2D eigenvalue weighted by atomic mass is 9.97. The van der Waals surface area contributed by atoms with Crippen molar-refractivity contribution in [2.24, 2.45) is 5.92 Å². The monoisotopic (exact) mass is 533 g/mol. The number of halogens is 3. The van der Waals surface area contributed by atoms with Gasteiger partial charge in [-0.15, -0.1) is 0 Å². The molecule has 1 unspecified atom stereocenters. The number of imidazole rings is 1. The second-order valence-corrected chi connectivity index (χ2v) is 11.8. The number of pyridine rings is 1. The summed E-state index contributed by atoms with van der Waals surface area (Å²) in [6.45, 7) is 0.889. The molecule has 1 aromatic carbocycles. The number of H-pyrrole nitrogens is 1. The van der Waals surface area contributed by atoms with Crippen molar-refractivity contribution >= 4 is 15.7 Å². The molecule has 2 aliphatic rings. The fourth-order valence-electron chi connectivity index (χ4n) is 5.49. The summed E-state index contributed by atoms with van der Waals surface area (Å²) in [6.07, 6.45) is 6.24. The maximum atomic E-state index is 13.7. The third-order valence-electron chi connectivity index (χ3n) is 7.45. The molecule has 1 atom stereocenters. The lowest BCUT2D eigenvalue weighted by Crippen LogP contribution is -2.43. The minimum Gasteiger partial charge on any atom is -0.361 e. The Morgan fingerprint density at radius 3 is 2.49 bits per heavy atom. The average Bonchev–Trinajstić information content (AvgIpc) is 3.56. The number of anilines is 1. The van der Waals surface area contributed by atoms with E-state index < -0.39 is 21.9 Å². The number of aromatic nitrogens is 3. The number of rotatable bonds is 7. The lowest BCUT2D eigenvalue weighted by molar-refractivity contribution is -0.141. The van der Waals surface area contributed by atoms with Crippen LogP contribution < -0.4 is 4.90 Å². The van der Waals surface area contributed by atoms with Gasteiger partial charge in [0.25, 0.3) is 0 Å². The van der Waals surface area contributed by atoms with Gasteiger partial charge in [-0.05, 0) is 42.5 Å². The first-order valence-electron chi connectivity index (χ1n) is 12.6. The lowest BCUT2D eigenvalue weighted by Gasteiger charge is -2.34. The zero-order chi connectivity index (χ0) is 26.0. The summed E-state index contributed by atoms with van der Waals surface area (Å²) in [5.74, 6) is 0.636. The number of benzene rings is 1. The molecular formula is C26H30F3N5O2S. The van der Waals surface area contributed by atoms with E-state index in [1.165, 1.54) is 30.0 Å². The van der Waals surface area contributed by atoms with Crippen molar-refractivity contribution < 1.29 is 21.6 Å². The summed E-state index contributed by atoms with van der Waals surface area (Å²) >= 11 is 0. The minimum atomic E-state index is -4.64. The molecule has 3 aromatic rings.